The van der Waals surface area contributed by atoms with Crippen LogP contribution in [0.2, 0.25) is 0 Å². The highest BCUT2D eigenvalue weighted by Gasteiger charge is 2.08. The van der Waals surface area contributed by atoms with Crippen LogP contribution in [0.15, 0.2) is 0 Å². The van der Waals surface area contributed by atoms with Crippen LogP contribution in [0.25, 0.3) is 0 Å². The van der Waals surface area contributed by atoms with Gasteiger partial charge in [0, 0.05) is 26.2 Å². The van der Waals surface area contributed by atoms with E-state index in [1.807, 2.05) is 0 Å². The second-order valence-corrected chi connectivity index (χ2v) is 4.55. The van der Waals surface area contributed by atoms with Gasteiger partial charge in [-0.05, 0) is 19.0 Å². The molecule has 0 aromatic rings. The molecule has 92 valence electrons. The summed E-state index contributed by atoms with van der Waals surface area (Å²) in [5.74, 6) is 0.698. The van der Waals surface area contributed by atoms with Crippen LogP contribution in [0.4, 0.5) is 0 Å². The average Bonchev–Trinajstić information content (AvgIpc) is 2.21. The van der Waals surface area contributed by atoms with E-state index in [-0.39, 0.29) is 0 Å². The number of nitrogens with zero attached hydrogens (tertiary/aromatic N) is 1. The van der Waals surface area contributed by atoms with Gasteiger partial charge >= 0.3 is 0 Å². The Balaban J connectivity index is 3.64. The third-order valence-corrected chi connectivity index (χ3v) is 2.50. The summed E-state index contributed by atoms with van der Waals surface area (Å²) < 4.78 is 5.10. The van der Waals surface area contributed by atoms with Crippen molar-refractivity contribution in [2.24, 2.45) is 5.92 Å². The quantitative estimate of drug-likeness (QED) is 0.633. The second kappa shape index (κ2) is 9.13. The van der Waals surface area contributed by atoms with Crippen molar-refractivity contribution in [3.63, 3.8) is 0 Å². The SMILES string of the molecule is CCN(CCOC)CC(C)CNC(C)C. The predicted octanol–water partition coefficient (Wildman–Crippen LogP) is 1.59. The molecule has 0 rings (SSSR count). The molecule has 15 heavy (non-hydrogen) atoms. The molecule has 0 saturated carbocycles. The van der Waals surface area contributed by atoms with Crippen molar-refractivity contribution in [1.82, 2.24) is 10.2 Å². The number of nitrogens with one attached hydrogen (secondary N) is 1. The van der Waals surface area contributed by atoms with E-state index in [0.29, 0.717) is 12.0 Å². The minimum Gasteiger partial charge on any atom is -0.383 e. The molecule has 1 N–H and O–H groups in total. The number of hydrogen-bond donors (Lipinski definition) is 1. The molecular formula is C12H28N2O. The molecule has 0 heterocycles. The number of methoxy groups -OCH3 is 1. The summed E-state index contributed by atoms with van der Waals surface area (Å²) in [6.07, 6.45) is 0. The number of ether oxygens (including phenoxy) is 1. The normalized spacial score (nSPS) is 13.8. The van der Waals surface area contributed by atoms with E-state index in [4.69, 9.17) is 4.74 Å². The molecule has 0 aromatic heterocycles. The lowest BCUT2D eigenvalue weighted by Gasteiger charge is -2.24. The topological polar surface area (TPSA) is 24.5 Å². The van der Waals surface area contributed by atoms with Crippen molar-refractivity contribution in [1.29, 1.82) is 0 Å². The van der Waals surface area contributed by atoms with Gasteiger partial charge in [0.25, 0.3) is 0 Å². The van der Waals surface area contributed by atoms with Crippen molar-refractivity contribution in [2.75, 3.05) is 39.9 Å². The van der Waals surface area contributed by atoms with E-state index in [0.717, 1.165) is 32.8 Å². The van der Waals surface area contributed by atoms with Crippen LogP contribution >= 0.6 is 0 Å². The van der Waals surface area contributed by atoms with Crippen LogP contribution in [0, 0.1) is 5.92 Å². The minimum absolute atomic E-state index is 0.585. The summed E-state index contributed by atoms with van der Waals surface area (Å²) in [7, 11) is 1.76. The lowest BCUT2D eigenvalue weighted by molar-refractivity contribution is 0.141. The van der Waals surface area contributed by atoms with Crippen LogP contribution in [0.1, 0.15) is 27.7 Å². The summed E-state index contributed by atoms with van der Waals surface area (Å²) in [6.45, 7) is 14.1. The summed E-state index contributed by atoms with van der Waals surface area (Å²) >= 11 is 0. The van der Waals surface area contributed by atoms with Gasteiger partial charge in [0.15, 0.2) is 0 Å². The number of rotatable bonds is 9. The molecule has 0 spiro atoms. The standard InChI is InChI=1S/C12H28N2O/c1-6-14(7-8-15-5)10-12(4)9-13-11(2)3/h11-13H,6-10H2,1-5H3. The molecule has 0 amide bonds. The highest BCUT2D eigenvalue weighted by molar-refractivity contribution is 4.65. The molecule has 1 atom stereocenters. The molecule has 0 fully saturated rings. The molecule has 1 unspecified atom stereocenters. The van der Waals surface area contributed by atoms with Gasteiger partial charge in [-0.15, -0.1) is 0 Å². The molecule has 0 aromatic carbocycles. The number of likely N-dealkylation sites (N-methyl/N-ethyl adjacent to an activating group) is 1. The second-order valence-electron chi connectivity index (χ2n) is 4.55. The summed E-state index contributed by atoms with van der Waals surface area (Å²) in [5.41, 5.74) is 0. The van der Waals surface area contributed by atoms with Gasteiger partial charge in [-0.25, -0.2) is 0 Å². The third-order valence-electron chi connectivity index (χ3n) is 2.50. The Kier molecular flexibility index (Phi) is 9.06. The third kappa shape index (κ3) is 8.85. The van der Waals surface area contributed by atoms with Crippen molar-refractivity contribution in [3.05, 3.63) is 0 Å². The first-order valence-electron chi connectivity index (χ1n) is 6.04. The monoisotopic (exact) mass is 216 g/mol. The molecule has 0 radical (unpaired) electrons. The van der Waals surface area contributed by atoms with Crippen molar-refractivity contribution in [3.8, 4) is 0 Å². The fraction of sp³-hybridized carbons (Fsp3) is 1.00. The smallest absolute Gasteiger partial charge is 0.0589 e. The maximum absolute atomic E-state index is 5.10. The highest BCUT2D eigenvalue weighted by atomic mass is 16.5. The molecule has 0 aliphatic carbocycles. The maximum Gasteiger partial charge on any atom is 0.0589 e. The Labute approximate surface area is 95.2 Å². The molecular weight excluding hydrogens is 188 g/mol. The van der Waals surface area contributed by atoms with E-state index in [9.17, 15) is 0 Å². The molecule has 3 nitrogen and oxygen atoms in total. The van der Waals surface area contributed by atoms with E-state index >= 15 is 0 Å². The molecule has 0 aliphatic rings. The Bertz CT molecular complexity index is 140. The van der Waals surface area contributed by atoms with E-state index < -0.39 is 0 Å². The van der Waals surface area contributed by atoms with Gasteiger partial charge in [0.05, 0.1) is 6.61 Å². The van der Waals surface area contributed by atoms with Crippen molar-refractivity contribution in [2.45, 2.75) is 33.7 Å². The fourth-order valence-electron chi connectivity index (χ4n) is 1.54. The first-order chi connectivity index (χ1) is 7.10. The molecule has 0 bridgehead atoms. The zero-order valence-electron chi connectivity index (χ0n) is 11.0. The zero-order valence-corrected chi connectivity index (χ0v) is 11.0. The first-order valence-corrected chi connectivity index (χ1v) is 6.04. The van der Waals surface area contributed by atoms with Crippen LogP contribution in [-0.4, -0.2) is 50.8 Å². The lowest BCUT2D eigenvalue weighted by Crippen LogP contribution is -2.36. The average molecular weight is 216 g/mol. The minimum atomic E-state index is 0.585. The largest absolute Gasteiger partial charge is 0.383 e. The zero-order chi connectivity index (χ0) is 11.7. The Morgan fingerprint density at radius 3 is 2.40 bits per heavy atom. The highest BCUT2D eigenvalue weighted by Crippen LogP contribution is 1.99. The molecule has 0 aliphatic heterocycles. The van der Waals surface area contributed by atoms with Gasteiger partial charge in [-0.3, -0.25) is 0 Å². The van der Waals surface area contributed by atoms with Gasteiger partial charge < -0.3 is 15.0 Å². The van der Waals surface area contributed by atoms with Gasteiger partial charge in [-0.2, -0.15) is 0 Å². The molecule has 0 saturated heterocycles. The maximum atomic E-state index is 5.10. The van der Waals surface area contributed by atoms with Crippen molar-refractivity contribution >= 4 is 0 Å². The van der Waals surface area contributed by atoms with E-state index in [2.05, 4.69) is 37.9 Å². The fourth-order valence-corrected chi connectivity index (χ4v) is 1.54. The lowest BCUT2D eigenvalue weighted by atomic mass is 10.1. The van der Waals surface area contributed by atoms with Crippen LogP contribution in [0.3, 0.4) is 0 Å². The Morgan fingerprint density at radius 2 is 1.93 bits per heavy atom. The van der Waals surface area contributed by atoms with Gasteiger partial charge in [-0.1, -0.05) is 27.7 Å². The predicted molar refractivity (Wildman–Crippen MR) is 66.3 cm³/mol. The summed E-state index contributed by atoms with van der Waals surface area (Å²) in [6, 6.07) is 0.585. The van der Waals surface area contributed by atoms with Crippen molar-refractivity contribution < 1.29 is 4.74 Å². The van der Waals surface area contributed by atoms with E-state index in [1.165, 1.54) is 0 Å². The summed E-state index contributed by atoms with van der Waals surface area (Å²) in [4.78, 5) is 2.44. The van der Waals surface area contributed by atoms with Gasteiger partial charge in [0.1, 0.15) is 0 Å². The van der Waals surface area contributed by atoms with Crippen LogP contribution in [-0.2, 0) is 4.74 Å². The Hall–Kier alpha value is -0.120. The first kappa shape index (κ1) is 14.9. The Morgan fingerprint density at radius 1 is 1.27 bits per heavy atom. The number of hydrogen-bond acceptors (Lipinski definition) is 3. The van der Waals surface area contributed by atoms with Crippen LogP contribution < -0.4 is 5.32 Å². The van der Waals surface area contributed by atoms with Gasteiger partial charge in [0.2, 0.25) is 0 Å². The summed E-state index contributed by atoms with van der Waals surface area (Å²) in [5, 5.41) is 3.47. The molecule has 3 heteroatoms. The van der Waals surface area contributed by atoms with Crippen LogP contribution in [0.5, 0.6) is 0 Å². The van der Waals surface area contributed by atoms with E-state index in [1.54, 1.807) is 7.11 Å².